The zero-order valence-corrected chi connectivity index (χ0v) is 16.0. The Kier molecular flexibility index (Phi) is 6.03. The van der Waals surface area contributed by atoms with Crippen molar-refractivity contribution < 1.29 is 9.53 Å². The molecule has 3 rings (SSSR count). The molecule has 2 saturated heterocycles. The summed E-state index contributed by atoms with van der Waals surface area (Å²) in [6, 6.07) is 8.11. The summed E-state index contributed by atoms with van der Waals surface area (Å²) in [6.07, 6.45) is 4.47. The van der Waals surface area contributed by atoms with Crippen LogP contribution in [0.1, 0.15) is 45.1 Å². The Labute approximate surface area is 155 Å². The van der Waals surface area contributed by atoms with Crippen LogP contribution >= 0.6 is 11.6 Å². The smallest absolute Gasteiger partial charge is 0.222 e. The number of nitrogens with zero attached hydrogens (tertiary/aromatic N) is 1. The third-order valence-electron chi connectivity index (χ3n) is 5.43. The minimum atomic E-state index is 0.0259. The van der Waals surface area contributed by atoms with Crippen molar-refractivity contribution in [3.8, 4) is 0 Å². The van der Waals surface area contributed by atoms with Crippen molar-refractivity contribution in [3.05, 3.63) is 34.9 Å². The number of hydrogen-bond acceptors (Lipinski definition) is 3. The van der Waals surface area contributed by atoms with Crippen LogP contribution < -0.4 is 5.32 Å². The van der Waals surface area contributed by atoms with Gasteiger partial charge in [-0.2, -0.15) is 0 Å². The molecule has 0 aromatic heterocycles. The van der Waals surface area contributed by atoms with Crippen molar-refractivity contribution in [2.24, 2.45) is 5.92 Å². The van der Waals surface area contributed by atoms with Crippen LogP contribution in [-0.2, 0) is 16.1 Å². The first-order valence-electron chi connectivity index (χ1n) is 9.38. The van der Waals surface area contributed by atoms with Gasteiger partial charge in [-0.05, 0) is 43.4 Å². The topological polar surface area (TPSA) is 41.6 Å². The number of ether oxygens (including phenoxy) is 1. The minimum absolute atomic E-state index is 0.0259. The van der Waals surface area contributed by atoms with Gasteiger partial charge >= 0.3 is 0 Å². The third-order valence-corrected chi connectivity index (χ3v) is 5.66. The van der Waals surface area contributed by atoms with Crippen LogP contribution in [0.15, 0.2) is 24.3 Å². The Hall–Kier alpha value is -1.10. The average molecular weight is 365 g/mol. The lowest BCUT2D eigenvalue weighted by atomic mass is 9.88. The highest BCUT2D eigenvalue weighted by Gasteiger charge is 2.42. The minimum Gasteiger partial charge on any atom is -0.370 e. The molecule has 1 atom stereocenters. The highest BCUT2D eigenvalue weighted by atomic mass is 35.5. The monoisotopic (exact) mass is 364 g/mol. The molecule has 2 fully saturated rings. The molecule has 2 heterocycles. The molecule has 2 aliphatic heterocycles. The van der Waals surface area contributed by atoms with Crippen molar-refractivity contribution in [2.75, 3.05) is 19.6 Å². The van der Waals surface area contributed by atoms with Gasteiger partial charge in [0.25, 0.3) is 0 Å². The number of hydrogen-bond donors (Lipinski definition) is 1. The molecule has 1 spiro atoms. The van der Waals surface area contributed by atoms with Gasteiger partial charge in [-0.3, -0.25) is 9.69 Å². The van der Waals surface area contributed by atoms with Gasteiger partial charge in [0.1, 0.15) is 0 Å². The predicted molar refractivity (Wildman–Crippen MR) is 101 cm³/mol. The quantitative estimate of drug-likeness (QED) is 0.867. The summed E-state index contributed by atoms with van der Waals surface area (Å²) in [4.78, 5) is 14.2. The molecule has 0 unspecified atom stereocenters. The highest BCUT2D eigenvalue weighted by molar-refractivity contribution is 6.30. The van der Waals surface area contributed by atoms with Crippen LogP contribution in [0.5, 0.6) is 0 Å². The van der Waals surface area contributed by atoms with Gasteiger partial charge in [0.2, 0.25) is 5.91 Å². The zero-order valence-electron chi connectivity index (χ0n) is 15.3. The Morgan fingerprint density at radius 2 is 2.12 bits per heavy atom. The molecule has 1 aromatic rings. The second kappa shape index (κ2) is 8.07. The Bertz CT molecular complexity index is 597. The fourth-order valence-corrected chi connectivity index (χ4v) is 4.05. The van der Waals surface area contributed by atoms with Crippen molar-refractivity contribution in [1.29, 1.82) is 0 Å². The third kappa shape index (κ3) is 4.96. The summed E-state index contributed by atoms with van der Waals surface area (Å²) in [6.45, 7) is 7.54. The predicted octanol–water partition coefficient (Wildman–Crippen LogP) is 3.63. The Balaban J connectivity index is 1.45. The average Bonchev–Trinajstić information content (AvgIpc) is 2.98. The summed E-state index contributed by atoms with van der Waals surface area (Å²) in [5, 5.41) is 3.81. The molecule has 0 saturated carbocycles. The van der Waals surface area contributed by atoms with E-state index in [0.29, 0.717) is 6.54 Å². The Morgan fingerprint density at radius 3 is 2.80 bits per heavy atom. The van der Waals surface area contributed by atoms with E-state index in [2.05, 4.69) is 16.3 Å². The number of carbonyl (C=O) groups excluding carboxylic acids is 1. The highest BCUT2D eigenvalue weighted by Crippen LogP contribution is 2.39. The number of likely N-dealkylation sites (tertiary alicyclic amines) is 1. The molecule has 1 aromatic carbocycles. The fraction of sp³-hybridized carbons (Fsp3) is 0.650. The molecule has 0 radical (unpaired) electrons. The summed E-state index contributed by atoms with van der Waals surface area (Å²) in [5.74, 6) is 0.144. The number of halogens is 1. The molecule has 5 heteroatoms. The van der Waals surface area contributed by atoms with Crippen molar-refractivity contribution >= 4 is 17.5 Å². The van der Waals surface area contributed by atoms with Crippen LogP contribution in [0.2, 0.25) is 5.02 Å². The van der Waals surface area contributed by atoms with E-state index in [1.807, 2.05) is 32.0 Å². The van der Waals surface area contributed by atoms with Crippen molar-refractivity contribution in [3.63, 3.8) is 0 Å². The van der Waals surface area contributed by atoms with Gasteiger partial charge in [-0.15, -0.1) is 0 Å². The normalized spacial score (nSPS) is 23.3. The van der Waals surface area contributed by atoms with E-state index in [-0.39, 0.29) is 23.5 Å². The van der Waals surface area contributed by atoms with Crippen LogP contribution in [0.25, 0.3) is 0 Å². The van der Waals surface area contributed by atoms with Gasteiger partial charge in [0.15, 0.2) is 0 Å². The second-order valence-electron chi connectivity index (χ2n) is 7.77. The van der Waals surface area contributed by atoms with Gasteiger partial charge < -0.3 is 10.1 Å². The van der Waals surface area contributed by atoms with E-state index >= 15 is 0 Å². The van der Waals surface area contributed by atoms with Crippen LogP contribution in [0, 0.1) is 5.92 Å². The second-order valence-corrected chi connectivity index (χ2v) is 8.20. The fourth-order valence-electron chi connectivity index (χ4n) is 3.84. The lowest BCUT2D eigenvalue weighted by Crippen LogP contribution is -2.45. The maximum atomic E-state index is 11.7. The van der Waals surface area contributed by atoms with Crippen molar-refractivity contribution in [1.82, 2.24) is 10.2 Å². The summed E-state index contributed by atoms with van der Waals surface area (Å²) < 4.78 is 6.38. The van der Waals surface area contributed by atoms with Crippen LogP contribution in [-0.4, -0.2) is 42.1 Å². The summed E-state index contributed by atoms with van der Waals surface area (Å²) in [5.41, 5.74) is 1.29. The molecular formula is C20H29ClN2O2. The first kappa shape index (κ1) is 18.7. The molecule has 2 aliphatic rings. The number of benzene rings is 1. The molecule has 1 N–H and O–H groups in total. The first-order valence-corrected chi connectivity index (χ1v) is 9.76. The number of rotatable bonds is 5. The van der Waals surface area contributed by atoms with Crippen LogP contribution in [0.4, 0.5) is 0 Å². The van der Waals surface area contributed by atoms with E-state index in [9.17, 15) is 4.79 Å². The molecule has 0 aliphatic carbocycles. The maximum absolute atomic E-state index is 11.7. The molecule has 1 amide bonds. The first-order chi connectivity index (χ1) is 12.0. The van der Waals surface area contributed by atoms with Gasteiger partial charge in [-0.25, -0.2) is 0 Å². The number of nitrogens with one attached hydrogen (secondary N) is 1. The molecular weight excluding hydrogens is 336 g/mol. The van der Waals surface area contributed by atoms with Crippen LogP contribution in [0.3, 0.4) is 0 Å². The largest absolute Gasteiger partial charge is 0.370 e. The van der Waals surface area contributed by atoms with E-state index in [0.717, 1.165) is 50.3 Å². The molecule has 4 nitrogen and oxygen atoms in total. The lowest BCUT2D eigenvalue weighted by molar-refractivity contribution is -0.125. The number of piperidine rings is 1. The van der Waals surface area contributed by atoms with Crippen molar-refractivity contribution in [2.45, 2.75) is 57.8 Å². The number of amides is 1. The SMILES string of the molecule is CC(C)C(=O)NC[C@@H]1CCC2(CCN(Cc3cccc(Cl)c3)CC2)O1. The maximum Gasteiger partial charge on any atom is 0.222 e. The number of carbonyl (C=O) groups is 1. The Morgan fingerprint density at radius 1 is 1.36 bits per heavy atom. The molecule has 25 heavy (non-hydrogen) atoms. The van der Waals surface area contributed by atoms with E-state index in [4.69, 9.17) is 16.3 Å². The summed E-state index contributed by atoms with van der Waals surface area (Å²) in [7, 11) is 0. The van der Waals surface area contributed by atoms with Gasteiger partial charge in [0, 0.05) is 37.1 Å². The van der Waals surface area contributed by atoms with Gasteiger partial charge in [0.05, 0.1) is 11.7 Å². The standard InChI is InChI=1S/C20H29ClN2O2/c1-15(2)19(24)22-13-18-6-7-20(25-18)8-10-23(11-9-20)14-16-4-3-5-17(21)12-16/h3-5,12,15,18H,6-11,13-14H2,1-2H3,(H,22,24)/t18-/m0/s1. The van der Waals surface area contributed by atoms with Gasteiger partial charge in [-0.1, -0.05) is 37.6 Å². The van der Waals surface area contributed by atoms with E-state index < -0.39 is 0 Å². The summed E-state index contributed by atoms with van der Waals surface area (Å²) >= 11 is 6.08. The zero-order chi connectivity index (χ0) is 17.9. The molecule has 138 valence electrons. The van der Waals surface area contributed by atoms with E-state index in [1.165, 1.54) is 5.56 Å². The molecule has 0 bridgehead atoms. The lowest BCUT2D eigenvalue weighted by Gasteiger charge is -2.39. The van der Waals surface area contributed by atoms with E-state index in [1.54, 1.807) is 0 Å².